The lowest BCUT2D eigenvalue weighted by Gasteiger charge is -2.41. The average molecular weight is 372 g/mol. The van der Waals surface area contributed by atoms with Crippen LogP contribution in [0.5, 0.6) is 5.75 Å². The number of hydrogen-bond donors (Lipinski definition) is 1. The Morgan fingerprint density at radius 1 is 1.07 bits per heavy atom. The number of piperazine rings is 1. The summed E-state index contributed by atoms with van der Waals surface area (Å²) in [7, 11) is 0. The second-order valence-corrected chi connectivity index (χ2v) is 7.08. The molecule has 0 saturated carbocycles. The summed E-state index contributed by atoms with van der Waals surface area (Å²) in [5.41, 5.74) is 2.35. The first-order chi connectivity index (χ1) is 13.2. The zero-order chi connectivity index (χ0) is 19.1. The first-order valence-electron chi connectivity index (χ1n) is 9.71. The fourth-order valence-corrected chi connectivity index (χ4v) is 3.71. The number of aliphatic hydroxyl groups is 1. The van der Waals surface area contributed by atoms with Crippen molar-refractivity contribution in [1.29, 1.82) is 0 Å². The molecule has 1 heterocycles. The van der Waals surface area contributed by atoms with Crippen LogP contribution >= 0.6 is 0 Å². The van der Waals surface area contributed by atoms with E-state index in [0.717, 1.165) is 50.5 Å². The predicted octanol–water partition coefficient (Wildman–Crippen LogP) is 3.29. The van der Waals surface area contributed by atoms with Gasteiger partial charge in [0.15, 0.2) is 0 Å². The monoisotopic (exact) mass is 372 g/mol. The smallest absolute Gasteiger partial charge is 0.123 e. The molecule has 0 aliphatic carbocycles. The zero-order valence-corrected chi connectivity index (χ0v) is 16.0. The van der Waals surface area contributed by atoms with Gasteiger partial charge in [0.1, 0.15) is 11.6 Å². The highest BCUT2D eigenvalue weighted by Crippen LogP contribution is 2.20. The van der Waals surface area contributed by atoms with Gasteiger partial charge in [-0.1, -0.05) is 24.3 Å². The number of hydrogen-bond acceptors (Lipinski definition) is 4. The average Bonchev–Trinajstić information content (AvgIpc) is 2.66. The van der Waals surface area contributed by atoms with Crippen LogP contribution in [0.15, 0.2) is 48.5 Å². The highest BCUT2D eigenvalue weighted by atomic mass is 19.1. The van der Waals surface area contributed by atoms with Crippen LogP contribution in [0.25, 0.3) is 0 Å². The van der Waals surface area contributed by atoms with Crippen molar-refractivity contribution in [2.75, 3.05) is 32.8 Å². The summed E-state index contributed by atoms with van der Waals surface area (Å²) in [5, 5.41) is 9.50. The number of ether oxygens (including phenoxy) is 1. The molecule has 2 aromatic carbocycles. The molecule has 0 radical (unpaired) electrons. The molecular formula is C22H29FN2O2. The minimum absolute atomic E-state index is 0.179. The number of rotatable bonds is 8. The van der Waals surface area contributed by atoms with E-state index in [1.165, 1.54) is 17.7 Å². The maximum Gasteiger partial charge on any atom is 0.123 e. The minimum atomic E-state index is -0.204. The zero-order valence-electron chi connectivity index (χ0n) is 16.0. The van der Waals surface area contributed by atoms with Gasteiger partial charge in [-0.3, -0.25) is 9.80 Å². The molecule has 4 nitrogen and oxygen atoms in total. The van der Waals surface area contributed by atoms with E-state index in [9.17, 15) is 9.50 Å². The third kappa shape index (κ3) is 5.76. The third-order valence-electron chi connectivity index (χ3n) is 5.07. The summed E-state index contributed by atoms with van der Waals surface area (Å²) in [6.45, 7) is 7.34. The van der Waals surface area contributed by atoms with E-state index in [1.807, 2.05) is 31.2 Å². The van der Waals surface area contributed by atoms with E-state index in [4.69, 9.17) is 4.74 Å². The molecule has 5 heteroatoms. The summed E-state index contributed by atoms with van der Waals surface area (Å²) < 4.78 is 18.7. The van der Waals surface area contributed by atoms with Crippen molar-refractivity contribution >= 4 is 0 Å². The van der Waals surface area contributed by atoms with E-state index in [0.29, 0.717) is 12.6 Å². The summed E-state index contributed by atoms with van der Waals surface area (Å²) in [4.78, 5) is 4.84. The molecule has 1 saturated heterocycles. The van der Waals surface area contributed by atoms with Crippen molar-refractivity contribution in [2.45, 2.75) is 32.5 Å². The van der Waals surface area contributed by atoms with Gasteiger partial charge >= 0.3 is 0 Å². The van der Waals surface area contributed by atoms with Crippen LogP contribution in [-0.4, -0.2) is 53.8 Å². The molecule has 1 atom stereocenters. The van der Waals surface area contributed by atoms with Crippen molar-refractivity contribution in [3.63, 3.8) is 0 Å². The molecule has 3 rings (SSSR count). The number of benzene rings is 2. The molecule has 0 unspecified atom stereocenters. The quantitative estimate of drug-likeness (QED) is 0.771. The Labute approximate surface area is 161 Å². The highest BCUT2D eigenvalue weighted by Gasteiger charge is 2.26. The largest absolute Gasteiger partial charge is 0.494 e. The predicted molar refractivity (Wildman–Crippen MR) is 105 cm³/mol. The molecule has 1 aliphatic rings. The molecule has 27 heavy (non-hydrogen) atoms. The second-order valence-electron chi connectivity index (χ2n) is 7.08. The van der Waals surface area contributed by atoms with Crippen LogP contribution in [0.2, 0.25) is 0 Å². The molecule has 0 bridgehead atoms. The summed E-state index contributed by atoms with van der Waals surface area (Å²) in [6, 6.07) is 15.3. The SMILES string of the molecule is CCOc1cccc(CN2CCN(Cc3ccc(F)cc3)[C@@H](CCO)C2)c1. The fourth-order valence-electron chi connectivity index (χ4n) is 3.71. The minimum Gasteiger partial charge on any atom is -0.494 e. The number of nitrogens with zero attached hydrogens (tertiary/aromatic N) is 2. The molecule has 1 fully saturated rings. The molecular weight excluding hydrogens is 343 g/mol. The van der Waals surface area contributed by atoms with Crippen molar-refractivity contribution in [3.05, 3.63) is 65.5 Å². The van der Waals surface area contributed by atoms with Gasteiger partial charge in [-0.15, -0.1) is 0 Å². The summed E-state index contributed by atoms with van der Waals surface area (Å²) in [6.07, 6.45) is 0.747. The van der Waals surface area contributed by atoms with E-state index in [-0.39, 0.29) is 12.4 Å². The number of aliphatic hydroxyl groups excluding tert-OH is 1. The Balaban J connectivity index is 1.61. The first kappa shape index (κ1) is 19.8. The van der Waals surface area contributed by atoms with Crippen LogP contribution in [0.3, 0.4) is 0 Å². The molecule has 0 aromatic heterocycles. The Morgan fingerprint density at radius 2 is 1.89 bits per heavy atom. The van der Waals surface area contributed by atoms with Crippen molar-refractivity contribution in [3.8, 4) is 5.75 Å². The van der Waals surface area contributed by atoms with E-state index in [1.54, 1.807) is 0 Å². The summed E-state index contributed by atoms with van der Waals surface area (Å²) >= 11 is 0. The second kappa shape index (κ2) is 9.83. The number of halogens is 1. The lowest BCUT2D eigenvalue weighted by atomic mass is 10.1. The van der Waals surface area contributed by atoms with Crippen LogP contribution in [0.4, 0.5) is 4.39 Å². The van der Waals surface area contributed by atoms with Gasteiger partial charge in [0.05, 0.1) is 6.61 Å². The lowest BCUT2D eigenvalue weighted by Crippen LogP contribution is -2.52. The topological polar surface area (TPSA) is 35.9 Å². The summed E-state index contributed by atoms with van der Waals surface area (Å²) in [5.74, 6) is 0.710. The van der Waals surface area contributed by atoms with Gasteiger partial charge < -0.3 is 9.84 Å². The fraction of sp³-hybridized carbons (Fsp3) is 0.455. The molecule has 1 aliphatic heterocycles. The van der Waals surface area contributed by atoms with Gasteiger partial charge in [0, 0.05) is 45.4 Å². The third-order valence-corrected chi connectivity index (χ3v) is 5.07. The van der Waals surface area contributed by atoms with Gasteiger partial charge in [-0.05, 0) is 48.7 Å². The Kier molecular flexibility index (Phi) is 7.21. The van der Waals surface area contributed by atoms with Crippen LogP contribution in [0, 0.1) is 5.82 Å². The van der Waals surface area contributed by atoms with E-state index in [2.05, 4.69) is 21.9 Å². The first-order valence-corrected chi connectivity index (χ1v) is 9.71. The van der Waals surface area contributed by atoms with Gasteiger partial charge in [-0.2, -0.15) is 0 Å². The molecule has 0 spiro atoms. The molecule has 146 valence electrons. The molecule has 1 N–H and O–H groups in total. The Morgan fingerprint density at radius 3 is 2.63 bits per heavy atom. The van der Waals surface area contributed by atoms with E-state index < -0.39 is 0 Å². The lowest BCUT2D eigenvalue weighted by molar-refractivity contribution is 0.0499. The standard InChI is InChI=1S/C22H29FN2O2/c1-2-27-22-5-3-4-19(14-22)15-24-11-12-25(21(17-24)10-13-26)16-18-6-8-20(23)9-7-18/h3-9,14,21,26H,2,10-13,15-17H2,1H3/t21-/m0/s1. The van der Waals surface area contributed by atoms with Crippen molar-refractivity contribution < 1.29 is 14.2 Å². The van der Waals surface area contributed by atoms with Crippen molar-refractivity contribution in [1.82, 2.24) is 9.80 Å². The maximum absolute atomic E-state index is 13.1. The highest BCUT2D eigenvalue weighted by molar-refractivity contribution is 5.28. The van der Waals surface area contributed by atoms with Crippen LogP contribution < -0.4 is 4.74 Å². The van der Waals surface area contributed by atoms with Crippen LogP contribution in [0.1, 0.15) is 24.5 Å². The van der Waals surface area contributed by atoms with Crippen molar-refractivity contribution in [2.24, 2.45) is 0 Å². The maximum atomic E-state index is 13.1. The van der Waals surface area contributed by atoms with Crippen LogP contribution in [-0.2, 0) is 13.1 Å². The van der Waals surface area contributed by atoms with E-state index >= 15 is 0 Å². The Hall–Kier alpha value is -1.95. The van der Waals surface area contributed by atoms with Gasteiger partial charge in [0.2, 0.25) is 0 Å². The van der Waals surface area contributed by atoms with Gasteiger partial charge in [-0.25, -0.2) is 4.39 Å². The normalized spacial score (nSPS) is 18.6. The molecule has 0 amide bonds. The van der Waals surface area contributed by atoms with Gasteiger partial charge in [0.25, 0.3) is 0 Å². The Bertz CT molecular complexity index is 708. The molecule has 2 aromatic rings.